The standard InChI is InChI=1S/C33H42N6O4/c1-8-39-27-12-11-24(20-28(27)35(6)31(41)33(4,5)32(39)42)10-9-14-37(21-25-18-22(2)34-36(25)7)16-17-38-15-13-29-26(30(38)40)19-23(3)43-29/h11-13,15,18-20H,8-10,14,16-17,21H2,1-7H3. The highest BCUT2D eigenvalue weighted by atomic mass is 16.3. The first-order valence-corrected chi connectivity index (χ1v) is 14.9. The lowest BCUT2D eigenvalue weighted by atomic mass is 9.90. The summed E-state index contributed by atoms with van der Waals surface area (Å²) in [6.45, 7) is 12.4. The van der Waals surface area contributed by atoms with Crippen LogP contribution in [0.5, 0.6) is 0 Å². The van der Waals surface area contributed by atoms with Crippen LogP contribution in [0.3, 0.4) is 0 Å². The summed E-state index contributed by atoms with van der Waals surface area (Å²) < 4.78 is 9.29. The monoisotopic (exact) mass is 586 g/mol. The van der Waals surface area contributed by atoms with Crippen molar-refractivity contribution in [2.75, 3.05) is 36.5 Å². The third-order valence-electron chi connectivity index (χ3n) is 8.49. The van der Waals surface area contributed by atoms with E-state index in [1.165, 1.54) is 0 Å². The van der Waals surface area contributed by atoms with Gasteiger partial charge in [0.05, 0.1) is 28.1 Å². The molecule has 10 heteroatoms. The first-order valence-electron chi connectivity index (χ1n) is 14.9. The molecule has 2 amide bonds. The highest BCUT2D eigenvalue weighted by Crippen LogP contribution is 2.38. The van der Waals surface area contributed by atoms with Crippen LogP contribution in [0.2, 0.25) is 0 Å². The Kier molecular flexibility index (Phi) is 8.34. The molecule has 1 aliphatic heterocycles. The highest BCUT2D eigenvalue weighted by Gasteiger charge is 2.45. The average Bonchev–Trinajstić information content (AvgIpc) is 3.50. The van der Waals surface area contributed by atoms with Crippen LogP contribution in [0.25, 0.3) is 11.0 Å². The van der Waals surface area contributed by atoms with Crippen molar-refractivity contribution in [1.82, 2.24) is 19.2 Å². The number of anilines is 2. The van der Waals surface area contributed by atoms with Crippen LogP contribution in [-0.2, 0) is 36.1 Å². The molecule has 1 aromatic carbocycles. The molecule has 43 heavy (non-hydrogen) atoms. The van der Waals surface area contributed by atoms with E-state index in [1.807, 2.05) is 50.7 Å². The van der Waals surface area contributed by atoms with Gasteiger partial charge in [0.2, 0.25) is 11.8 Å². The molecule has 10 nitrogen and oxygen atoms in total. The van der Waals surface area contributed by atoms with Crippen LogP contribution >= 0.6 is 0 Å². The second kappa shape index (κ2) is 11.8. The Morgan fingerprint density at radius 1 is 0.953 bits per heavy atom. The second-order valence-electron chi connectivity index (χ2n) is 12.1. The number of fused-ring (bicyclic) bond motifs is 2. The van der Waals surface area contributed by atoms with E-state index in [2.05, 4.69) is 22.1 Å². The van der Waals surface area contributed by atoms with Crippen LogP contribution in [0, 0.1) is 19.3 Å². The molecule has 0 atom stereocenters. The van der Waals surface area contributed by atoms with E-state index in [1.54, 1.807) is 47.5 Å². The van der Waals surface area contributed by atoms with Crippen molar-refractivity contribution >= 4 is 34.2 Å². The third-order valence-corrected chi connectivity index (χ3v) is 8.49. The first kappa shape index (κ1) is 30.3. The minimum Gasteiger partial charge on any atom is -0.461 e. The van der Waals surface area contributed by atoms with Gasteiger partial charge in [-0.2, -0.15) is 5.10 Å². The summed E-state index contributed by atoms with van der Waals surface area (Å²) in [4.78, 5) is 45.2. The smallest absolute Gasteiger partial charge is 0.261 e. The van der Waals surface area contributed by atoms with Crippen LogP contribution in [0.1, 0.15) is 49.9 Å². The van der Waals surface area contributed by atoms with Crippen LogP contribution in [0.15, 0.2) is 51.8 Å². The van der Waals surface area contributed by atoms with Gasteiger partial charge in [0.25, 0.3) is 5.56 Å². The molecule has 5 rings (SSSR count). The third kappa shape index (κ3) is 5.88. The van der Waals surface area contributed by atoms with Gasteiger partial charge in [-0.15, -0.1) is 0 Å². The molecule has 0 aliphatic carbocycles. The number of pyridine rings is 1. The number of carbonyl (C=O) groups excluding carboxylic acids is 2. The molecule has 0 fully saturated rings. The molecule has 3 aromatic heterocycles. The maximum Gasteiger partial charge on any atom is 0.261 e. The zero-order chi connectivity index (χ0) is 31.1. The van der Waals surface area contributed by atoms with Crippen molar-refractivity contribution < 1.29 is 14.0 Å². The number of furan rings is 1. The molecule has 0 unspecified atom stereocenters. The van der Waals surface area contributed by atoms with E-state index in [0.29, 0.717) is 37.1 Å². The average molecular weight is 587 g/mol. The predicted octanol–water partition coefficient (Wildman–Crippen LogP) is 4.44. The minimum absolute atomic E-state index is 0.0443. The maximum atomic E-state index is 13.2. The Bertz CT molecular complexity index is 1730. The fourth-order valence-corrected chi connectivity index (χ4v) is 6.05. The van der Waals surface area contributed by atoms with Gasteiger partial charge in [-0.25, -0.2) is 0 Å². The predicted molar refractivity (Wildman–Crippen MR) is 168 cm³/mol. The number of hydrogen-bond donors (Lipinski definition) is 0. The van der Waals surface area contributed by atoms with Crippen molar-refractivity contribution in [3.8, 4) is 0 Å². The number of benzene rings is 1. The van der Waals surface area contributed by atoms with Gasteiger partial charge >= 0.3 is 0 Å². The van der Waals surface area contributed by atoms with E-state index in [0.717, 1.165) is 53.5 Å². The van der Waals surface area contributed by atoms with Gasteiger partial charge < -0.3 is 18.8 Å². The van der Waals surface area contributed by atoms with Gasteiger partial charge in [0.1, 0.15) is 16.8 Å². The number of carbonyl (C=O) groups is 2. The Balaban J connectivity index is 1.32. The molecule has 228 valence electrons. The lowest BCUT2D eigenvalue weighted by Gasteiger charge is -2.27. The van der Waals surface area contributed by atoms with E-state index in [-0.39, 0.29) is 17.4 Å². The summed E-state index contributed by atoms with van der Waals surface area (Å²) in [7, 11) is 3.71. The largest absolute Gasteiger partial charge is 0.461 e. The quantitative estimate of drug-likeness (QED) is 0.255. The van der Waals surface area contributed by atoms with Crippen molar-refractivity contribution in [2.45, 2.75) is 60.5 Å². The zero-order valence-corrected chi connectivity index (χ0v) is 26.3. The maximum absolute atomic E-state index is 13.2. The summed E-state index contributed by atoms with van der Waals surface area (Å²) >= 11 is 0. The normalized spacial score (nSPS) is 15.1. The summed E-state index contributed by atoms with van der Waals surface area (Å²) in [5.74, 6) is 0.341. The fraction of sp³-hybridized carbons (Fsp3) is 0.455. The fourth-order valence-electron chi connectivity index (χ4n) is 6.05. The molecular formula is C33H42N6O4. The molecule has 1 aliphatic rings. The molecule has 4 heterocycles. The van der Waals surface area contributed by atoms with E-state index in [4.69, 9.17) is 4.42 Å². The molecule has 0 spiro atoms. The Hall–Kier alpha value is -4.18. The number of rotatable bonds is 10. The van der Waals surface area contributed by atoms with E-state index in [9.17, 15) is 14.4 Å². The minimum atomic E-state index is -1.13. The second-order valence-corrected chi connectivity index (χ2v) is 12.1. The topological polar surface area (TPSA) is 96.8 Å². The van der Waals surface area contributed by atoms with Gasteiger partial charge in [-0.1, -0.05) is 6.07 Å². The van der Waals surface area contributed by atoms with Crippen LogP contribution < -0.4 is 15.4 Å². The SMILES string of the molecule is CCN1C(=O)C(C)(C)C(=O)N(C)c2cc(CCCN(CCn3ccc4oc(C)cc4c3=O)Cc3cc(C)nn3C)ccc21. The Labute approximate surface area is 252 Å². The molecular weight excluding hydrogens is 544 g/mol. The molecule has 0 bridgehead atoms. The number of aryl methyl sites for hydroxylation is 4. The zero-order valence-electron chi connectivity index (χ0n) is 26.3. The number of hydrogen-bond acceptors (Lipinski definition) is 6. The lowest BCUT2D eigenvalue weighted by Crippen LogP contribution is -2.47. The van der Waals surface area contributed by atoms with Crippen molar-refractivity contribution in [1.29, 1.82) is 0 Å². The number of amides is 2. The van der Waals surface area contributed by atoms with Crippen molar-refractivity contribution in [3.05, 3.63) is 75.7 Å². The summed E-state index contributed by atoms with van der Waals surface area (Å²) in [6.07, 6.45) is 3.49. The van der Waals surface area contributed by atoms with Crippen LogP contribution in [-0.4, -0.2) is 57.7 Å². The summed E-state index contributed by atoms with van der Waals surface area (Å²) in [5.41, 5.74) is 4.16. The van der Waals surface area contributed by atoms with Crippen LogP contribution in [0.4, 0.5) is 11.4 Å². The Morgan fingerprint density at radius 3 is 2.42 bits per heavy atom. The van der Waals surface area contributed by atoms with Gasteiger partial charge in [0, 0.05) is 46.5 Å². The highest BCUT2D eigenvalue weighted by molar-refractivity contribution is 6.19. The molecule has 0 radical (unpaired) electrons. The van der Waals surface area contributed by atoms with Crippen molar-refractivity contribution in [2.24, 2.45) is 12.5 Å². The molecule has 4 aromatic rings. The first-order chi connectivity index (χ1) is 20.4. The van der Waals surface area contributed by atoms with E-state index >= 15 is 0 Å². The molecule has 0 saturated heterocycles. The van der Waals surface area contributed by atoms with Gasteiger partial charge in [0.15, 0.2) is 0 Å². The van der Waals surface area contributed by atoms with Crippen molar-refractivity contribution in [3.63, 3.8) is 0 Å². The van der Waals surface area contributed by atoms with E-state index < -0.39 is 5.41 Å². The number of nitrogens with zero attached hydrogens (tertiary/aromatic N) is 6. The summed E-state index contributed by atoms with van der Waals surface area (Å²) in [5, 5.41) is 5.12. The summed E-state index contributed by atoms with van der Waals surface area (Å²) in [6, 6.07) is 11.8. The lowest BCUT2D eigenvalue weighted by molar-refractivity contribution is -0.137. The Morgan fingerprint density at radius 2 is 1.72 bits per heavy atom. The molecule has 0 N–H and O–H groups in total. The molecule has 0 saturated carbocycles. The number of aromatic nitrogens is 3. The van der Waals surface area contributed by atoms with Gasteiger partial charge in [-0.3, -0.25) is 24.0 Å². The van der Waals surface area contributed by atoms with Gasteiger partial charge in [-0.05, 0) is 89.9 Å².